The second kappa shape index (κ2) is 10.5. The summed E-state index contributed by atoms with van der Waals surface area (Å²) in [4.78, 5) is 25.1. The van der Waals surface area contributed by atoms with E-state index in [9.17, 15) is 14.7 Å². The van der Waals surface area contributed by atoms with Crippen LogP contribution in [0.4, 0.5) is 4.79 Å². The van der Waals surface area contributed by atoms with Gasteiger partial charge in [0.05, 0.1) is 12.0 Å². The van der Waals surface area contributed by atoms with Crippen molar-refractivity contribution < 1.29 is 24.2 Å². The number of carbonyl (C=O) groups is 2. The highest BCUT2D eigenvalue weighted by Gasteiger charge is 2.28. The largest absolute Gasteiger partial charge is 0.490 e. The van der Waals surface area contributed by atoms with E-state index in [1.165, 1.54) is 0 Å². The van der Waals surface area contributed by atoms with Crippen LogP contribution in [0.15, 0.2) is 24.3 Å². The van der Waals surface area contributed by atoms with E-state index in [1.807, 2.05) is 38.1 Å². The molecule has 0 bridgehead atoms. The third-order valence-electron chi connectivity index (χ3n) is 6.22. The summed E-state index contributed by atoms with van der Waals surface area (Å²) in [6, 6.07) is 7.55. The van der Waals surface area contributed by atoms with Crippen LogP contribution in [0.5, 0.6) is 5.75 Å². The summed E-state index contributed by atoms with van der Waals surface area (Å²) in [5, 5.41) is 17.6. The Kier molecular flexibility index (Phi) is 7.71. The van der Waals surface area contributed by atoms with Crippen molar-refractivity contribution in [3.05, 3.63) is 30.0 Å². The summed E-state index contributed by atoms with van der Waals surface area (Å²) >= 11 is 0. The van der Waals surface area contributed by atoms with Crippen molar-refractivity contribution in [3.63, 3.8) is 0 Å². The third-order valence-corrected chi connectivity index (χ3v) is 6.22. The summed E-state index contributed by atoms with van der Waals surface area (Å²) in [7, 11) is 3.49. The van der Waals surface area contributed by atoms with Gasteiger partial charge in [-0.05, 0) is 63.3 Å². The van der Waals surface area contributed by atoms with Gasteiger partial charge in [0.2, 0.25) is 0 Å². The standard InChI is InChI=1S/C23H32N4O5/c1-5-15(2)26(3)23(30)31-14-20-21(24-25-27(20)4)16-9-11-18(12-10-16)32-19-8-6-7-17(13-19)22(28)29/h9-12,15,17,19H,5-8,13-14H2,1-4H3,(H,28,29). The Hall–Kier alpha value is -3.10. The van der Waals surface area contributed by atoms with Crippen molar-refractivity contribution in [1.82, 2.24) is 19.9 Å². The summed E-state index contributed by atoms with van der Waals surface area (Å²) in [5.41, 5.74) is 2.17. The number of hydrogen-bond acceptors (Lipinski definition) is 6. The van der Waals surface area contributed by atoms with Gasteiger partial charge in [0.1, 0.15) is 23.7 Å². The molecule has 1 aliphatic carbocycles. The Morgan fingerprint density at radius 3 is 2.66 bits per heavy atom. The van der Waals surface area contributed by atoms with Gasteiger partial charge >= 0.3 is 12.1 Å². The molecule has 174 valence electrons. The van der Waals surface area contributed by atoms with Gasteiger partial charge in [0, 0.05) is 25.7 Å². The molecule has 1 heterocycles. The zero-order chi connectivity index (χ0) is 23.3. The van der Waals surface area contributed by atoms with E-state index in [-0.39, 0.29) is 30.8 Å². The summed E-state index contributed by atoms with van der Waals surface area (Å²) in [6.07, 6.45) is 3.32. The molecule has 1 fully saturated rings. The molecule has 1 aliphatic rings. The topological polar surface area (TPSA) is 107 Å². The van der Waals surface area contributed by atoms with Crippen LogP contribution in [-0.4, -0.2) is 56.3 Å². The first-order valence-electron chi connectivity index (χ1n) is 11.1. The van der Waals surface area contributed by atoms with E-state index in [1.54, 1.807) is 23.7 Å². The molecule has 0 saturated heterocycles. The highest BCUT2D eigenvalue weighted by molar-refractivity contribution is 5.70. The number of rotatable bonds is 8. The molecule has 1 saturated carbocycles. The smallest absolute Gasteiger partial charge is 0.410 e. The molecule has 0 aliphatic heterocycles. The first-order chi connectivity index (χ1) is 15.3. The molecule has 1 aromatic carbocycles. The molecular weight excluding hydrogens is 412 g/mol. The van der Waals surface area contributed by atoms with Crippen LogP contribution in [-0.2, 0) is 23.2 Å². The number of carboxylic acids is 1. The molecule has 0 radical (unpaired) electrons. The quantitative estimate of drug-likeness (QED) is 0.658. The highest BCUT2D eigenvalue weighted by atomic mass is 16.6. The van der Waals surface area contributed by atoms with Crippen molar-refractivity contribution in [2.45, 2.75) is 64.7 Å². The monoisotopic (exact) mass is 444 g/mol. The van der Waals surface area contributed by atoms with Crippen molar-refractivity contribution >= 4 is 12.1 Å². The van der Waals surface area contributed by atoms with Gasteiger partial charge in [-0.2, -0.15) is 0 Å². The second-order valence-corrected chi connectivity index (χ2v) is 8.40. The number of aromatic nitrogens is 3. The summed E-state index contributed by atoms with van der Waals surface area (Å²) < 4.78 is 13.1. The van der Waals surface area contributed by atoms with Crippen LogP contribution in [0, 0.1) is 5.92 Å². The lowest BCUT2D eigenvalue weighted by atomic mass is 9.87. The normalized spacial score (nSPS) is 19.2. The number of hydrogen-bond donors (Lipinski definition) is 1. The minimum absolute atomic E-state index is 0.0648. The molecular formula is C23H32N4O5. The second-order valence-electron chi connectivity index (χ2n) is 8.40. The molecule has 9 nitrogen and oxygen atoms in total. The van der Waals surface area contributed by atoms with Gasteiger partial charge in [0.15, 0.2) is 0 Å². The molecule has 1 amide bonds. The Balaban J connectivity index is 1.65. The lowest BCUT2D eigenvalue weighted by Crippen LogP contribution is -2.35. The van der Waals surface area contributed by atoms with Gasteiger partial charge in [0.25, 0.3) is 0 Å². The minimum Gasteiger partial charge on any atom is -0.490 e. The number of benzene rings is 1. The Bertz CT molecular complexity index is 927. The number of amides is 1. The number of ether oxygens (including phenoxy) is 2. The molecule has 9 heteroatoms. The maximum absolute atomic E-state index is 12.3. The molecule has 32 heavy (non-hydrogen) atoms. The van der Waals surface area contributed by atoms with Crippen LogP contribution < -0.4 is 4.74 Å². The number of carbonyl (C=O) groups excluding carboxylic acids is 1. The average molecular weight is 445 g/mol. The van der Waals surface area contributed by atoms with Crippen LogP contribution in [0.3, 0.4) is 0 Å². The first kappa shape index (κ1) is 23.6. The Labute approximate surface area is 188 Å². The molecule has 0 spiro atoms. The lowest BCUT2D eigenvalue weighted by Gasteiger charge is -2.27. The van der Waals surface area contributed by atoms with Crippen LogP contribution in [0.2, 0.25) is 0 Å². The van der Waals surface area contributed by atoms with E-state index in [0.717, 1.165) is 24.8 Å². The number of nitrogens with zero attached hydrogens (tertiary/aromatic N) is 4. The predicted molar refractivity (Wildman–Crippen MR) is 118 cm³/mol. The van der Waals surface area contributed by atoms with Gasteiger partial charge in [-0.3, -0.25) is 4.79 Å². The average Bonchev–Trinajstić information content (AvgIpc) is 3.17. The van der Waals surface area contributed by atoms with Crippen LogP contribution in [0.1, 0.15) is 51.6 Å². The molecule has 1 aromatic heterocycles. The molecule has 2 aromatic rings. The van der Waals surface area contributed by atoms with E-state index >= 15 is 0 Å². The molecule has 3 unspecified atom stereocenters. The first-order valence-corrected chi connectivity index (χ1v) is 11.1. The van der Waals surface area contributed by atoms with Gasteiger partial charge < -0.3 is 19.5 Å². The molecule has 1 N–H and O–H groups in total. The zero-order valence-electron chi connectivity index (χ0n) is 19.2. The van der Waals surface area contributed by atoms with Crippen LogP contribution >= 0.6 is 0 Å². The maximum Gasteiger partial charge on any atom is 0.410 e. The van der Waals surface area contributed by atoms with Crippen LogP contribution in [0.25, 0.3) is 11.3 Å². The minimum atomic E-state index is -0.750. The van der Waals surface area contributed by atoms with Crippen molar-refractivity contribution in [3.8, 4) is 17.0 Å². The SMILES string of the molecule is CCC(C)N(C)C(=O)OCc1c(-c2ccc(OC3CCCC(C(=O)O)C3)cc2)nnn1C. The fraction of sp³-hybridized carbons (Fsp3) is 0.565. The van der Waals surface area contributed by atoms with E-state index < -0.39 is 5.97 Å². The fourth-order valence-electron chi connectivity index (χ4n) is 3.81. The fourth-order valence-corrected chi connectivity index (χ4v) is 3.81. The van der Waals surface area contributed by atoms with Crippen molar-refractivity contribution in [2.75, 3.05) is 7.05 Å². The van der Waals surface area contributed by atoms with E-state index in [0.29, 0.717) is 30.0 Å². The zero-order valence-corrected chi connectivity index (χ0v) is 19.2. The Morgan fingerprint density at radius 1 is 1.28 bits per heavy atom. The Morgan fingerprint density at radius 2 is 2.00 bits per heavy atom. The van der Waals surface area contributed by atoms with E-state index in [2.05, 4.69) is 10.3 Å². The molecule has 3 rings (SSSR count). The van der Waals surface area contributed by atoms with Crippen molar-refractivity contribution in [1.29, 1.82) is 0 Å². The number of aliphatic carboxylic acids is 1. The third kappa shape index (κ3) is 5.57. The van der Waals surface area contributed by atoms with Gasteiger partial charge in [-0.25, -0.2) is 9.48 Å². The lowest BCUT2D eigenvalue weighted by molar-refractivity contribution is -0.143. The van der Waals surface area contributed by atoms with E-state index in [4.69, 9.17) is 9.47 Å². The molecule has 3 atom stereocenters. The maximum atomic E-state index is 12.3. The van der Waals surface area contributed by atoms with Gasteiger partial charge in [-0.1, -0.05) is 12.1 Å². The number of aryl methyl sites for hydroxylation is 1. The summed E-state index contributed by atoms with van der Waals surface area (Å²) in [6.45, 7) is 4.05. The predicted octanol–water partition coefficient (Wildman–Crippen LogP) is 3.87. The van der Waals surface area contributed by atoms with Gasteiger partial charge in [-0.15, -0.1) is 5.10 Å². The van der Waals surface area contributed by atoms with Crippen molar-refractivity contribution in [2.24, 2.45) is 13.0 Å². The number of carboxylic acid groups (broad SMARTS) is 1. The highest BCUT2D eigenvalue weighted by Crippen LogP contribution is 2.29. The summed E-state index contributed by atoms with van der Waals surface area (Å²) in [5.74, 6) is -0.394.